The van der Waals surface area contributed by atoms with Crippen LogP contribution in [0.3, 0.4) is 0 Å². The van der Waals surface area contributed by atoms with Crippen LogP contribution in [0.5, 0.6) is 0 Å². The van der Waals surface area contributed by atoms with Crippen molar-refractivity contribution in [1.29, 1.82) is 0 Å². The van der Waals surface area contributed by atoms with Gasteiger partial charge < -0.3 is 4.84 Å². The summed E-state index contributed by atoms with van der Waals surface area (Å²) in [5.74, 6) is 0. The molecular weight excluding hydrogens is 290 g/mol. The van der Waals surface area contributed by atoms with Crippen LogP contribution in [0.25, 0.3) is 10.1 Å². The maximum absolute atomic E-state index is 10.6. The molecule has 0 fully saturated rings. The average Bonchev–Trinajstić information content (AvgIpc) is 2.67. The standard InChI is InChI=1S/C9H5BrOS.C2H7NO/c10-9-6-3-1-2-4-7(6)12-8(9)5-11;1-3-4-2/h1-5H;3H,1-2H3. The molecule has 2 rings (SSSR count). The summed E-state index contributed by atoms with van der Waals surface area (Å²) in [5, 5.41) is 1.12. The minimum absolute atomic E-state index is 0.760. The molecule has 0 saturated carbocycles. The molecule has 0 saturated heterocycles. The van der Waals surface area contributed by atoms with Crippen molar-refractivity contribution < 1.29 is 9.63 Å². The van der Waals surface area contributed by atoms with Gasteiger partial charge in [-0.15, -0.1) is 11.3 Å². The van der Waals surface area contributed by atoms with Gasteiger partial charge in [0.25, 0.3) is 0 Å². The van der Waals surface area contributed by atoms with Crippen LogP contribution in [0.4, 0.5) is 0 Å². The number of fused-ring (bicyclic) bond motifs is 1. The van der Waals surface area contributed by atoms with Gasteiger partial charge in [0.2, 0.25) is 0 Å². The first-order chi connectivity index (χ1) is 7.74. The van der Waals surface area contributed by atoms with Gasteiger partial charge in [0.15, 0.2) is 6.29 Å². The van der Waals surface area contributed by atoms with Crippen molar-refractivity contribution in [3.63, 3.8) is 0 Å². The first-order valence-electron chi connectivity index (χ1n) is 4.56. The molecule has 0 unspecified atom stereocenters. The van der Waals surface area contributed by atoms with E-state index in [9.17, 15) is 4.79 Å². The van der Waals surface area contributed by atoms with Crippen molar-refractivity contribution in [2.24, 2.45) is 0 Å². The van der Waals surface area contributed by atoms with E-state index in [4.69, 9.17) is 0 Å². The molecule has 3 nitrogen and oxygen atoms in total. The van der Waals surface area contributed by atoms with Gasteiger partial charge in [-0.1, -0.05) is 18.2 Å². The summed E-state index contributed by atoms with van der Waals surface area (Å²) in [6, 6.07) is 7.95. The number of carbonyl (C=O) groups excluding carboxylic acids is 1. The summed E-state index contributed by atoms with van der Waals surface area (Å²) < 4.78 is 2.06. The molecule has 1 aromatic heterocycles. The molecule has 0 atom stereocenters. The molecule has 2 aromatic rings. The second-order valence-electron chi connectivity index (χ2n) is 2.80. The van der Waals surface area contributed by atoms with Crippen molar-refractivity contribution in [3.8, 4) is 0 Å². The maximum atomic E-state index is 10.6. The highest BCUT2D eigenvalue weighted by Gasteiger charge is 2.06. The van der Waals surface area contributed by atoms with Gasteiger partial charge in [-0.3, -0.25) is 4.79 Å². The molecule has 0 spiro atoms. The minimum Gasteiger partial charge on any atom is -0.305 e. The third-order valence-electron chi connectivity index (χ3n) is 1.87. The van der Waals surface area contributed by atoms with Crippen LogP contribution >= 0.6 is 27.3 Å². The van der Waals surface area contributed by atoms with Gasteiger partial charge in [-0.25, -0.2) is 5.48 Å². The first-order valence-corrected chi connectivity index (χ1v) is 6.17. The van der Waals surface area contributed by atoms with Crippen LogP contribution in [0, 0.1) is 0 Å². The third kappa shape index (κ3) is 3.12. The largest absolute Gasteiger partial charge is 0.305 e. The average molecular weight is 302 g/mol. The van der Waals surface area contributed by atoms with Crippen LogP contribution in [0.1, 0.15) is 9.67 Å². The Morgan fingerprint density at radius 3 is 2.56 bits per heavy atom. The van der Waals surface area contributed by atoms with Crippen LogP contribution in [0.15, 0.2) is 28.7 Å². The van der Waals surface area contributed by atoms with E-state index >= 15 is 0 Å². The van der Waals surface area contributed by atoms with E-state index in [2.05, 4.69) is 26.2 Å². The fraction of sp³-hybridized carbons (Fsp3) is 0.182. The lowest BCUT2D eigenvalue weighted by Crippen LogP contribution is -2.00. The molecule has 1 heterocycles. The van der Waals surface area contributed by atoms with E-state index in [1.807, 2.05) is 24.3 Å². The van der Waals surface area contributed by atoms with Gasteiger partial charge in [0.05, 0.1) is 12.0 Å². The SMILES string of the molecule is CNOC.O=Cc1sc2ccccc2c1Br. The molecule has 0 bridgehead atoms. The highest BCUT2D eigenvalue weighted by Crippen LogP contribution is 2.33. The monoisotopic (exact) mass is 301 g/mol. The number of hydroxylamine groups is 1. The number of hydrogen-bond donors (Lipinski definition) is 1. The molecule has 16 heavy (non-hydrogen) atoms. The fourth-order valence-corrected chi connectivity index (χ4v) is 2.83. The Kier molecular flexibility index (Phi) is 5.62. The quantitative estimate of drug-likeness (QED) is 0.683. The van der Waals surface area contributed by atoms with Gasteiger partial charge >= 0.3 is 0 Å². The van der Waals surface area contributed by atoms with Crippen LogP contribution in [-0.2, 0) is 4.84 Å². The van der Waals surface area contributed by atoms with E-state index in [1.54, 1.807) is 14.2 Å². The Hall–Kier alpha value is -0.750. The molecule has 1 N–H and O–H groups in total. The molecule has 86 valence electrons. The van der Waals surface area contributed by atoms with Crippen molar-refractivity contribution in [2.75, 3.05) is 14.2 Å². The molecule has 0 amide bonds. The van der Waals surface area contributed by atoms with Crippen LogP contribution in [0.2, 0.25) is 0 Å². The highest BCUT2D eigenvalue weighted by molar-refractivity contribution is 9.10. The number of benzene rings is 1. The smallest absolute Gasteiger partial charge is 0.161 e. The van der Waals surface area contributed by atoms with Crippen molar-refractivity contribution in [1.82, 2.24) is 5.48 Å². The molecule has 0 aliphatic rings. The number of nitrogens with one attached hydrogen (secondary N) is 1. The Labute approximate surface area is 107 Å². The Morgan fingerprint density at radius 2 is 2.06 bits per heavy atom. The zero-order valence-corrected chi connectivity index (χ0v) is 11.4. The molecule has 0 aliphatic carbocycles. The lowest BCUT2D eigenvalue weighted by molar-refractivity contribution is 0.112. The third-order valence-corrected chi connectivity index (χ3v) is 4.08. The van der Waals surface area contributed by atoms with E-state index in [0.717, 1.165) is 25.7 Å². The zero-order chi connectivity index (χ0) is 12.0. The highest BCUT2D eigenvalue weighted by atomic mass is 79.9. The van der Waals surface area contributed by atoms with Crippen LogP contribution < -0.4 is 5.48 Å². The Balaban J connectivity index is 0.000000280. The molecule has 0 radical (unpaired) electrons. The molecule has 1 aromatic carbocycles. The number of carbonyl (C=O) groups is 1. The van der Waals surface area contributed by atoms with Crippen molar-refractivity contribution in [2.45, 2.75) is 0 Å². The lowest BCUT2D eigenvalue weighted by atomic mass is 10.2. The summed E-state index contributed by atoms with van der Waals surface area (Å²) >= 11 is 4.90. The summed E-state index contributed by atoms with van der Waals surface area (Å²) in [7, 11) is 3.28. The van der Waals surface area contributed by atoms with Gasteiger partial charge in [0.1, 0.15) is 0 Å². The number of halogens is 1. The zero-order valence-electron chi connectivity index (χ0n) is 8.99. The summed E-state index contributed by atoms with van der Waals surface area (Å²) in [6.07, 6.45) is 0.884. The maximum Gasteiger partial charge on any atom is 0.161 e. The summed E-state index contributed by atoms with van der Waals surface area (Å²) in [4.78, 5) is 15.6. The van der Waals surface area contributed by atoms with E-state index in [1.165, 1.54) is 11.3 Å². The Bertz CT molecular complexity index is 468. The van der Waals surface area contributed by atoms with Gasteiger partial charge in [-0.05, 0) is 22.0 Å². The predicted molar refractivity (Wildman–Crippen MR) is 71.0 cm³/mol. The van der Waals surface area contributed by atoms with Gasteiger partial charge in [-0.2, -0.15) is 0 Å². The topological polar surface area (TPSA) is 38.3 Å². The number of hydrogen-bond acceptors (Lipinski definition) is 4. The predicted octanol–water partition coefficient (Wildman–Crippen LogP) is 3.24. The number of rotatable bonds is 2. The van der Waals surface area contributed by atoms with Crippen molar-refractivity contribution >= 4 is 43.6 Å². The number of aldehydes is 1. The minimum atomic E-state index is 0.760. The second kappa shape index (κ2) is 6.75. The lowest BCUT2D eigenvalue weighted by Gasteiger charge is -1.86. The van der Waals surface area contributed by atoms with E-state index in [0.29, 0.717) is 0 Å². The normalized spacial score (nSPS) is 9.69. The summed E-state index contributed by atoms with van der Waals surface area (Å²) in [6.45, 7) is 0. The molecule has 5 heteroatoms. The summed E-state index contributed by atoms with van der Waals surface area (Å²) in [5.41, 5.74) is 2.43. The van der Waals surface area contributed by atoms with E-state index < -0.39 is 0 Å². The molecular formula is C11H12BrNO2S. The van der Waals surface area contributed by atoms with Crippen LogP contribution in [-0.4, -0.2) is 20.4 Å². The Morgan fingerprint density at radius 1 is 1.44 bits per heavy atom. The first kappa shape index (κ1) is 13.3. The van der Waals surface area contributed by atoms with Gasteiger partial charge in [0, 0.05) is 21.6 Å². The fourth-order valence-electron chi connectivity index (χ4n) is 1.11. The van der Waals surface area contributed by atoms with Crippen molar-refractivity contribution in [3.05, 3.63) is 33.6 Å². The number of thiophene rings is 1. The second-order valence-corrected chi connectivity index (χ2v) is 4.68. The van der Waals surface area contributed by atoms with E-state index in [-0.39, 0.29) is 0 Å². The molecule has 0 aliphatic heterocycles.